The molecule has 0 amide bonds. The van der Waals surface area contributed by atoms with Crippen molar-refractivity contribution in [3.8, 4) is 0 Å². The molecule has 3 nitrogen and oxygen atoms in total. The van der Waals surface area contributed by atoms with Crippen molar-refractivity contribution < 1.29 is 15.0 Å². The molecular formula is C5H6O3. The molecule has 0 unspecified atom stereocenters. The highest BCUT2D eigenvalue weighted by atomic mass is 16.4. The van der Waals surface area contributed by atoms with E-state index in [2.05, 4.69) is 5.73 Å². The monoisotopic (exact) mass is 114 g/mol. The van der Waals surface area contributed by atoms with Gasteiger partial charge in [0.05, 0.1) is 0 Å². The van der Waals surface area contributed by atoms with Gasteiger partial charge in [-0.3, -0.25) is 0 Å². The fourth-order valence-electron chi connectivity index (χ4n) is 0.198. The standard InChI is InChI=1S/C5H6O3/c1-2-3-4(6)5(7)8/h2,6H,1H3,(H,7,8). The van der Waals surface area contributed by atoms with Gasteiger partial charge in [-0.2, -0.15) is 0 Å². The Balaban J connectivity index is 4.24. The number of hydrogen-bond acceptors (Lipinski definition) is 2. The highest BCUT2D eigenvalue weighted by molar-refractivity contribution is 5.83. The van der Waals surface area contributed by atoms with Crippen LogP contribution in [0.25, 0.3) is 0 Å². The fourth-order valence-corrected chi connectivity index (χ4v) is 0.198. The Kier molecular flexibility index (Phi) is 2.45. The van der Waals surface area contributed by atoms with Gasteiger partial charge < -0.3 is 10.2 Å². The third kappa shape index (κ3) is 2.05. The summed E-state index contributed by atoms with van der Waals surface area (Å²) in [4.78, 5) is 9.72. The number of aliphatic carboxylic acids is 1. The summed E-state index contributed by atoms with van der Waals surface area (Å²) in [7, 11) is 0. The van der Waals surface area contributed by atoms with Crippen LogP contribution in [0.3, 0.4) is 0 Å². The van der Waals surface area contributed by atoms with Crippen molar-refractivity contribution in [1.29, 1.82) is 0 Å². The van der Waals surface area contributed by atoms with E-state index in [4.69, 9.17) is 10.2 Å². The van der Waals surface area contributed by atoms with Gasteiger partial charge in [0.15, 0.2) is 0 Å². The van der Waals surface area contributed by atoms with E-state index in [1.807, 2.05) is 0 Å². The Morgan fingerprint density at radius 2 is 2.12 bits per heavy atom. The van der Waals surface area contributed by atoms with Gasteiger partial charge in [-0.1, -0.05) is 5.73 Å². The lowest BCUT2D eigenvalue weighted by Gasteiger charge is -1.80. The van der Waals surface area contributed by atoms with E-state index in [0.717, 1.165) is 0 Å². The van der Waals surface area contributed by atoms with Crippen molar-refractivity contribution in [2.75, 3.05) is 0 Å². The minimum absolute atomic E-state index is 0.757. The van der Waals surface area contributed by atoms with E-state index in [1.165, 1.54) is 6.08 Å². The number of carboxylic acids is 1. The summed E-state index contributed by atoms with van der Waals surface area (Å²) in [5.74, 6) is -2.12. The predicted molar refractivity (Wildman–Crippen MR) is 27.5 cm³/mol. The summed E-state index contributed by atoms with van der Waals surface area (Å²) in [6.45, 7) is 1.57. The first-order chi connectivity index (χ1) is 3.68. The summed E-state index contributed by atoms with van der Waals surface area (Å²) in [6, 6.07) is 0. The molecule has 0 spiro atoms. The molecular weight excluding hydrogens is 108 g/mol. The van der Waals surface area contributed by atoms with Crippen LogP contribution in [0.1, 0.15) is 6.92 Å². The SMILES string of the molecule is CC=C=C(O)C(=O)O. The maximum Gasteiger partial charge on any atom is 0.379 e. The van der Waals surface area contributed by atoms with Crippen molar-refractivity contribution in [1.82, 2.24) is 0 Å². The van der Waals surface area contributed by atoms with Crippen LogP contribution in [0.2, 0.25) is 0 Å². The van der Waals surface area contributed by atoms with Crippen molar-refractivity contribution in [2.45, 2.75) is 6.92 Å². The van der Waals surface area contributed by atoms with Crippen molar-refractivity contribution >= 4 is 5.97 Å². The minimum Gasteiger partial charge on any atom is -0.496 e. The van der Waals surface area contributed by atoms with Gasteiger partial charge in [-0.25, -0.2) is 4.79 Å². The van der Waals surface area contributed by atoms with Gasteiger partial charge >= 0.3 is 5.97 Å². The molecule has 0 aromatic carbocycles. The smallest absolute Gasteiger partial charge is 0.379 e. The van der Waals surface area contributed by atoms with Gasteiger partial charge in [-0.05, 0) is 13.0 Å². The normalized spacial score (nSPS) is 7.12. The van der Waals surface area contributed by atoms with Gasteiger partial charge in [0.1, 0.15) is 0 Å². The fraction of sp³-hybridized carbons (Fsp3) is 0.200. The Labute approximate surface area is 46.6 Å². The number of hydrogen-bond donors (Lipinski definition) is 2. The van der Waals surface area contributed by atoms with Crippen LogP contribution in [0.5, 0.6) is 0 Å². The van der Waals surface area contributed by atoms with Crippen LogP contribution >= 0.6 is 0 Å². The molecule has 0 fully saturated rings. The second-order valence-corrected chi connectivity index (χ2v) is 1.09. The van der Waals surface area contributed by atoms with Gasteiger partial charge in [-0.15, -0.1) is 0 Å². The first-order valence-electron chi connectivity index (χ1n) is 2.02. The van der Waals surface area contributed by atoms with Gasteiger partial charge in [0, 0.05) is 0 Å². The van der Waals surface area contributed by atoms with Crippen molar-refractivity contribution in [3.63, 3.8) is 0 Å². The average molecular weight is 114 g/mol. The van der Waals surface area contributed by atoms with Crippen LogP contribution in [0.15, 0.2) is 17.6 Å². The highest BCUT2D eigenvalue weighted by Crippen LogP contribution is 1.81. The zero-order chi connectivity index (χ0) is 6.57. The first-order valence-corrected chi connectivity index (χ1v) is 2.02. The second kappa shape index (κ2) is 2.88. The minimum atomic E-state index is -1.36. The Bertz CT molecular complexity index is 151. The molecule has 0 heterocycles. The zero-order valence-corrected chi connectivity index (χ0v) is 4.38. The topological polar surface area (TPSA) is 57.5 Å². The molecule has 44 valence electrons. The summed E-state index contributed by atoms with van der Waals surface area (Å²) >= 11 is 0. The molecule has 0 radical (unpaired) electrons. The van der Waals surface area contributed by atoms with Crippen LogP contribution < -0.4 is 0 Å². The summed E-state index contributed by atoms with van der Waals surface area (Å²) in [5.41, 5.74) is 2.09. The molecule has 0 saturated heterocycles. The molecule has 0 rings (SSSR count). The first kappa shape index (κ1) is 6.79. The van der Waals surface area contributed by atoms with Gasteiger partial charge in [0.2, 0.25) is 5.76 Å². The Morgan fingerprint density at radius 1 is 1.62 bits per heavy atom. The third-order valence-electron chi connectivity index (χ3n) is 0.484. The lowest BCUT2D eigenvalue weighted by molar-refractivity contribution is -0.135. The quantitative estimate of drug-likeness (QED) is 0.299. The Hall–Kier alpha value is -1.21. The number of aliphatic hydroxyl groups is 1. The van der Waals surface area contributed by atoms with Gasteiger partial charge in [0.25, 0.3) is 0 Å². The van der Waals surface area contributed by atoms with Crippen molar-refractivity contribution in [2.24, 2.45) is 0 Å². The van der Waals surface area contributed by atoms with Crippen LogP contribution in [0, 0.1) is 0 Å². The molecule has 0 aromatic heterocycles. The van der Waals surface area contributed by atoms with E-state index in [-0.39, 0.29) is 0 Å². The van der Waals surface area contributed by atoms with E-state index < -0.39 is 11.7 Å². The largest absolute Gasteiger partial charge is 0.496 e. The molecule has 2 N–H and O–H groups in total. The molecule has 0 aliphatic carbocycles. The molecule has 0 aliphatic rings. The van der Waals surface area contributed by atoms with Crippen LogP contribution in [-0.2, 0) is 4.79 Å². The average Bonchev–Trinajstić information content (AvgIpc) is 1.67. The van der Waals surface area contributed by atoms with Crippen LogP contribution in [-0.4, -0.2) is 16.2 Å². The molecule has 0 saturated carbocycles. The summed E-state index contributed by atoms with van der Waals surface area (Å²) < 4.78 is 0. The molecule has 0 aromatic rings. The lowest BCUT2D eigenvalue weighted by atomic mass is 10.5. The Morgan fingerprint density at radius 3 is 2.25 bits per heavy atom. The molecule has 3 heteroatoms. The van der Waals surface area contributed by atoms with E-state index >= 15 is 0 Å². The second-order valence-electron chi connectivity index (χ2n) is 1.09. The number of carbonyl (C=O) groups is 1. The molecule has 0 atom stereocenters. The number of carboxylic acid groups (broad SMARTS) is 1. The maximum atomic E-state index is 9.72. The molecule has 0 bridgehead atoms. The molecule has 0 aliphatic heterocycles. The number of aliphatic hydroxyl groups excluding tert-OH is 1. The van der Waals surface area contributed by atoms with Crippen molar-refractivity contribution in [3.05, 3.63) is 17.6 Å². The summed E-state index contributed by atoms with van der Waals surface area (Å²) in [5, 5.41) is 16.2. The van der Waals surface area contributed by atoms with E-state index in [1.54, 1.807) is 6.92 Å². The summed E-state index contributed by atoms with van der Waals surface area (Å²) in [6.07, 6.45) is 1.32. The third-order valence-corrected chi connectivity index (χ3v) is 0.484. The highest BCUT2D eigenvalue weighted by Gasteiger charge is 1.98. The van der Waals surface area contributed by atoms with E-state index in [9.17, 15) is 4.79 Å². The molecule has 8 heavy (non-hydrogen) atoms. The zero-order valence-electron chi connectivity index (χ0n) is 4.38. The van der Waals surface area contributed by atoms with Crippen LogP contribution in [0.4, 0.5) is 0 Å². The lowest BCUT2D eigenvalue weighted by Crippen LogP contribution is -1.96. The predicted octanol–water partition coefficient (Wildman–Crippen LogP) is 0.688. The maximum absolute atomic E-state index is 9.72. The number of rotatable bonds is 1. The van der Waals surface area contributed by atoms with E-state index in [0.29, 0.717) is 0 Å².